The van der Waals surface area contributed by atoms with Crippen LogP contribution in [0.3, 0.4) is 0 Å². The zero-order valence-electron chi connectivity index (χ0n) is 11.8. The van der Waals surface area contributed by atoms with Gasteiger partial charge in [-0.2, -0.15) is 8.78 Å². The molecule has 3 atom stereocenters. The van der Waals surface area contributed by atoms with Crippen molar-refractivity contribution in [2.45, 2.75) is 38.0 Å². The second-order valence-corrected chi connectivity index (χ2v) is 4.95. The third-order valence-electron chi connectivity index (χ3n) is 3.52. The average molecular weight is 307 g/mol. The Hall–Kier alpha value is -1.34. The predicted molar refractivity (Wildman–Crippen MR) is 68.2 cm³/mol. The molecule has 0 bridgehead atoms. The molecule has 118 valence electrons. The third kappa shape index (κ3) is 3.13. The second-order valence-electron chi connectivity index (χ2n) is 4.95. The molecule has 1 N–H and O–H groups in total. The minimum atomic E-state index is -1.53. The fourth-order valence-corrected chi connectivity index (χ4v) is 2.35. The van der Waals surface area contributed by atoms with Gasteiger partial charge >= 0.3 is 0 Å². The van der Waals surface area contributed by atoms with Crippen molar-refractivity contribution in [3.63, 3.8) is 0 Å². The van der Waals surface area contributed by atoms with Gasteiger partial charge in [0.05, 0.1) is 0 Å². The van der Waals surface area contributed by atoms with Gasteiger partial charge in [0, 0.05) is 25.6 Å². The molecule has 1 fully saturated rings. The van der Waals surface area contributed by atoms with E-state index in [4.69, 9.17) is 9.47 Å². The standard InChI is InChI=1S/C14H17F4NO2/c1-3-4-19-9-6-10(13(9)20-2)21-14-11(17)7(15)5-8(16)12(14)18/h5,9-10,13,19H,3-4,6H2,1-2H3. The second kappa shape index (κ2) is 6.62. The molecule has 7 heteroatoms. The van der Waals surface area contributed by atoms with Crippen LogP contribution in [0.2, 0.25) is 0 Å². The summed E-state index contributed by atoms with van der Waals surface area (Å²) >= 11 is 0. The van der Waals surface area contributed by atoms with Gasteiger partial charge in [-0.25, -0.2) is 8.78 Å². The molecule has 0 aromatic heterocycles. The highest BCUT2D eigenvalue weighted by atomic mass is 19.2. The number of methoxy groups -OCH3 is 1. The van der Waals surface area contributed by atoms with Crippen molar-refractivity contribution < 1.29 is 27.0 Å². The first-order chi connectivity index (χ1) is 9.99. The first-order valence-corrected chi connectivity index (χ1v) is 6.75. The van der Waals surface area contributed by atoms with Crippen molar-refractivity contribution in [3.8, 4) is 5.75 Å². The Labute approximate surface area is 120 Å². The van der Waals surface area contributed by atoms with Crippen LogP contribution in [0.5, 0.6) is 5.75 Å². The van der Waals surface area contributed by atoms with Crippen molar-refractivity contribution in [1.29, 1.82) is 0 Å². The quantitative estimate of drug-likeness (QED) is 0.647. The summed E-state index contributed by atoms with van der Waals surface area (Å²) in [6.07, 6.45) is 0.281. The van der Waals surface area contributed by atoms with Crippen molar-refractivity contribution in [3.05, 3.63) is 29.3 Å². The van der Waals surface area contributed by atoms with Gasteiger partial charge in [0.2, 0.25) is 11.6 Å². The van der Waals surface area contributed by atoms with Gasteiger partial charge in [0.15, 0.2) is 17.4 Å². The fraction of sp³-hybridized carbons (Fsp3) is 0.571. The Bertz CT molecular complexity index is 486. The van der Waals surface area contributed by atoms with Crippen molar-refractivity contribution in [1.82, 2.24) is 5.32 Å². The largest absolute Gasteiger partial charge is 0.481 e. The van der Waals surface area contributed by atoms with E-state index in [1.807, 2.05) is 6.92 Å². The molecule has 1 aliphatic rings. The first-order valence-electron chi connectivity index (χ1n) is 6.75. The molecular formula is C14H17F4NO2. The molecule has 1 saturated carbocycles. The number of hydrogen-bond donors (Lipinski definition) is 1. The highest BCUT2D eigenvalue weighted by Gasteiger charge is 2.44. The van der Waals surface area contributed by atoms with Crippen LogP contribution in [-0.4, -0.2) is 31.9 Å². The summed E-state index contributed by atoms with van der Waals surface area (Å²) in [6, 6.07) is 0.141. The highest BCUT2D eigenvalue weighted by Crippen LogP contribution is 2.33. The summed E-state index contributed by atoms with van der Waals surface area (Å²) < 4.78 is 63.6. The highest BCUT2D eigenvalue weighted by molar-refractivity contribution is 5.29. The van der Waals surface area contributed by atoms with E-state index >= 15 is 0 Å². The zero-order valence-corrected chi connectivity index (χ0v) is 11.8. The summed E-state index contributed by atoms with van der Waals surface area (Å²) in [6.45, 7) is 2.77. The molecule has 2 rings (SSSR count). The van der Waals surface area contributed by atoms with Gasteiger partial charge in [-0.3, -0.25) is 0 Å². The number of nitrogens with one attached hydrogen (secondary N) is 1. The molecule has 3 unspecified atom stereocenters. The lowest BCUT2D eigenvalue weighted by Crippen LogP contribution is -2.61. The van der Waals surface area contributed by atoms with Gasteiger partial charge in [-0.15, -0.1) is 0 Å². The van der Waals surface area contributed by atoms with E-state index in [2.05, 4.69) is 5.32 Å². The average Bonchev–Trinajstić information content (AvgIpc) is 2.43. The SMILES string of the molecule is CCCNC1CC(Oc2c(F)c(F)cc(F)c2F)C1OC. The molecule has 1 aliphatic carbocycles. The molecule has 0 spiro atoms. The Morgan fingerprint density at radius 2 is 1.81 bits per heavy atom. The Morgan fingerprint density at radius 3 is 2.33 bits per heavy atom. The van der Waals surface area contributed by atoms with Crippen LogP contribution in [0.4, 0.5) is 17.6 Å². The number of ether oxygens (including phenoxy) is 2. The maximum atomic E-state index is 13.5. The van der Waals surface area contributed by atoms with Crippen molar-refractivity contribution in [2.75, 3.05) is 13.7 Å². The van der Waals surface area contributed by atoms with Gasteiger partial charge in [-0.05, 0) is 13.0 Å². The number of hydrogen-bond acceptors (Lipinski definition) is 3. The van der Waals surface area contributed by atoms with E-state index in [9.17, 15) is 17.6 Å². The topological polar surface area (TPSA) is 30.5 Å². The molecule has 3 nitrogen and oxygen atoms in total. The number of rotatable bonds is 6. The van der Waals surface area contributed by atoms with Gasteiger partial charge < -0.3 is 14.8 Å². The third-order valence-corrected chi connectivity index (χ3v) is 3.52. The van der Waals surface area contributed by atoms with Gasteiger partial charge in [-0.1, -0.05) is 6.92 Å². The molecule has 0 radical (unpaired) electrons. The summed E-state index contributed by atoms with van der Waals surface area (Å²) in [5, 5.41) is 3.20. The van der Waals surface area contributed by atoms with Gasteiger partial charge in [0.25, 0.3) is 0 Å². The van der Waals surface area contributed by atoms with Crippen molar-refractivity contribution >= 4 is 0 Å². The molecule has 0 aliphatic heterocycles. The van der Waals surface area contributed by atoms with Crippen LogP contribution < -0.4 is 10.1 Å². The summed E-state index contributed by atoms with van der Waals surface area (Å²) in [5.74, 6) is -7.08. The zero-order chi connectivity index (χ0) is 15.6. The molecule has 0 amide bonds. The maximum absolute atomic E-state index is 13.5. The molecule has 0 heterocycles. The van der Waals surface area contributed by atoms with Crippen LogP contribution in [0.1, 0.15) is 19.8 Å². The monoisotopic (exact) mass is 307 g/mol. The van der Waals surface area contributed by atoms with E-state index in [0.29, 0.717) is 6.42 Å². The Kier molecular flexibility index (Phi) is 5.05. The van der Waals surface area contributed by atoms with Gasteiger partial charge in [0.1, 0.15) is 12.2 Å². The molecule has 1 aromatic carbocycles. The predicted octanol–water partition coefficient (Wildman–Crippen LogP) is 2.78. The summed E-state index contributed by atoms with van der Waals surface area (Å²) in [7, 11) is 1.44. The lowest BCUT2D eigenvalue weighted by Gasteiger charge is -2.43. The minimum Gasteiger partial charge on any atom is -0.481 e. The van der Waals surface area contributed by atoms with E-state index < -0.39 is 41.2 Å². The number of halogens is 4. The first kappa shape index (κ1) is 16.0. The van der Waals surface area contributed by atoms with Crippen molar-refractivity contribution in [2.24, 2.45) is 0 Å². The number of benzene rings is 1. The van der Waals surface area contributed by atoms with E-state index in [-0.39, 0.29) is 12.1 Å². The molecule has 0 saturated heterocycles. The maximum Gasteiger partial charge on any atom is 0.203 e. The van der Waals surface area contributed by atoms with Crippen LogP contribution in [0.25, 0.3) is 0 Å². The van der Waals surface area contributed by atoms with E-state index in [0.717, 1.165) is 13.0 Å². The molecule has 1 aromatic rings. The van der Waals surface area contributed by atoms with Crippen LogP contribution in [0, 0.1) is 23.3 Å². The lowest BCUT2D eigenvalue weighted by molar-refractivity contribution is -0.0912. The van der Waals surface area contributed by atoms with E-state index in [1.54, 1.807) is 0 Å². The van der Waals surface area contributed by atoms with Crippen LogP contribution in [-0.2, 0) is 4.74 Å². The normalized spacial score (nSPS) is 24.8. The summed E-state index contributed by atoms with van der Waals surface area (Å²) in [4.78, 5) is 0. The Morgan fingerprint density at radius 1 is 1.19 bits per heavy atom. The minimum absolute atomic E-state index is 0.00974. The lowest BCUT2D eigenvalue weighted by atomic mass is 9.85. The summed E-state index contributed by atoms with van der Waals surface area (Å²) in [5.41, 5.74) is 0. The molecular weight excluding hydrogens is 290 g/mol. The van der Waals surface area contributed by atoms with Crippen LogP contribution in [0.15, 0.2) is 6.07 Å². The smallest absolute Gasteiger partial charge is 0.203 e. The Balaban J connectivity index is 2.10. The van der Waals surface area contributed by atoms with Crippen LogP contribution >= 0.6 is 0 Å². The van der Waals surface area contributed by atoms with E-state index in [1.165, 1.54) is 7.11 Å². The molecule has 21 heavy (non-hydrogen) atoms. The fourth-order valence-electron chi connectivity index (χ4n) is 2.35.